The smallest absolute Gasteiger partial charge is 0.126 e. The number of halogens is 2. The molecule has 0 aliphatic carbocycles. The van der Waals surface area contributed by atoms with Crippen molar-refractivity contribution in [2.24, 2.45) is 0 Å². The average molecular weight is 313 g/mol. The fraction of sp³-hybridized carbons (Fsp3) is 0.400. The maximum Gasteiger partial charge on any atom is 0.126 e. The zero-order valence-corrected chi connectivity index (χ0v) is 13.2. The van der Waals surface area contributed by atoms with Crippen LogP contribution in [0.3, 0.4) is 0 Å². The summed E-state index contributed by atoms with van der Waals surface area (Å²) in [4.78, 5) is 4.47. The highest BCUT2D eigenvalue weighted by atomic mass is 35.5. The Hall–Kier alpha value is -0.970. The zero-order chi connectivity index (χ0) is 14.5. The molecular formula is C15H18ClFN2S. The van der Waals surface area contributed by atoms with Gasteiger partial charge < -0.3 is 5.32 Å². The Morgan fingerprint density at radius 1 is 1.40 bits per heavy atom. The second kappa shape index (κ2) is 7.16. The minimum Gasteiger partial charge on any atom is -0.314 e. The molecule has 0 radical (unpaired) electrons. The third kappa shape index (κ3) is 4.27. The molecule has 2 aromatic rings. The van der Waals surface area contributed by atoms with E-state index in [4.69, 9.17) is 11.6 Å². The first kappa shape index (κ1) is 15.4. The van der Waals surface area contributed by atoms with Gasteiger partial charge in [-0.1, -0.05) is 18.5 Å². The van der Waals surface area contributed by atoms with Crippen LogP contribution in [-0.4, -0.2) is 17.6 Å². The van der Waals surface area contributed by atoms with Gasteiger partial charge in [-0.2, -0.15) is 0 Å². The Labute approximate surface area is 128 Å². The molecule has 0 fully saturated rings. The van der Waals surface area contributed by atoms with Crippen molar-refractivity contribution in [3.05, 3.63) is 50.7 Å². The minimum atomic E-state index is -0.202. The standard InChI is InChI=1S/C15H18ClFN2S/c1-3-18-13(8-14-9-20-10(2)19-14)7-11-6-12(16)4-5-15(11)17/h4-6,9,13,18H,3,7-8H2,1-2H3. The molecule has 1 unspecified atom stereocenters. The molecule has 1 aromatic heterocycles. The predicted molar refractivity (Wildman–Crippen MR) is 83.1 cm³/mol. The van der Waals surface area contributed by atoms with Crippen LogP contribution < -0.4 is 5.32 Å². The van der Waals surface area contributed by atoms with Crippen molar-refractivity contribution in [3.8, 4) is 0 Å². The maximum atomic E-state index is 13.8. The van der Waals surface area contributed by atoms with Gasteiger partial charge in [-0.25, -0.2) is 9.37 Å². The number of rotatable bonds is 6. The molecule has 0 saturated carbocycles. The lowest BCUT2D eigenvalue weighted by Gasteiger charge is -2.17. The Kier molecular flexibility index (Phi) is 5.52. The largest absolute Gasteiger partial charge is 0.314 e. The first-order valence-corrected chi connectivity index (χ1v) is 7.92. The molecule has 0 aliphatic heterocycles. The summed E-state index contributed by atoms with van der Waals surface area (Å²) >= 11 is 7.59. The van der Waals surface area contributed by atoms with Gasteiger partial charge in [-0.15, -0.1) is 11.3 Å². The highest BCUT2D eigenvalue weighted by Gasteiger charge is 2.14. The molecule has 0 spiro atoms. The third-order valence-corrected chi connectivity index (χ3v) is 4.15. The van der Waals surface area contributed by atoms with Crippen LogP contribution >= 0.6 is 22.9 Å². The van der Waals surface area contributed by atoms with Gasteiger partial charge in [0.15, 0.2) is 0 Å². The van der Waals surface area contributed by atoms with Crippen molar-refractivity contribution in [2.45, 2.75) is 32.7 Å². The molecule has 0 aliphatic rings. The van der Waals surface area contributed by atoms with Crippen molar-refractivity contribution in [1.29, 1.82) is 0 Å². The van der Waals surface area contributed by atoms with Gasteiger partial charge in [0.25, 0.3) is 0 Å². The molecule has 1 aromatic carbocycles. The fourth-order valence-electron chi connectivity index (χ4n) is 2.22. The van der Waals surface area contributed by atoms with Gasteiger partial charge in [0, 0.05) is 22.9 Å². The lowest BCUT2D eigenvalue weighted by Crippen LogP contribution is -2.33. The maximum absolute atomic E-state index is 13.8. The van der Waals surface area contributed by atoms with Crippen LogP contribution in [0.1, 0.15) is 23.2 Å². The number of nitrogens with zero attached hydrogens (tertiary/aromatic N) is 1. The van der Waals surface area contributed by atoms with Crippen molar-refractivity contribution in [3.63, 3.8) is 0 Å². The molecule has 108 valence electrons. The molecule has 1 heterocycles. The highest BCUT2D eigenvalue weighted by Crippen LogP contribution is 2.18. The number of likely N-dealkylation sites (N-methyl/N-ethyl adjacent to an activating group) is 1. The minimum absolute atomic E-state index is 0.162. The monoisotopic (exact) mass is 312 g/mol. The van der Waals surface area contributed by atoms with Crippen LogP contribution in [0.5, 0.6) is 0 Å². The van der Waals surface area contributed by atoms with E-state index < -0.39 is 0 Å². The molecule has 0 bridgehead atoms. The number of thiazole rings is 1. The summed E-state index contributed by atoms with van der Waals surface area (Å²) in [5, 5.41) is 7.08. The van der Waals surface area contributed by atoms with Gasteiger partial charge in [-0.3, -0.25) is 0 Å². The van der Waals surface area contributed by atoms with Gasteiger partial charge in [0.1, 0.15) is 5.82 Å². The lowest BCUT2D eigenvalue weighted by atomic mass is 10.0. The van der Waals surface area contributed by atoms with E-state index in [9.17, 15) is 4.39 Å². The van der Waals surface area contributed by atoms with E-state index in [2.05, 4.69) is 15.7 Å². The van der Waals surface area contributed by atoms with Crippen LogP contribution in [0.25, 0.3) is 0 Å². The molecule has 2 nitrogen and oxygen atoms in total. The molecular weight excluding hydrogens is 295 g/mol. The highest BCUT2D eigenvalue weighted by molar-refractivity contribution is 7.09. The number of aryl methyl sites for hydroxylation is 1. The van der Waals surface area contributed by atoms with Gasteiger partial charge in [-0.05, 0) is 43.7 Å². The van der Waals surface area contributed by atoms with Crippen molar-refractivity contribution in [2.75, 3.05) is 6.54 Å². The predicted octanol–water partition coefficient (Wildman–Crippen LogP) is 4.01. The van der Waals surface area contributed by atoms with Crippen LogP contribution in [-0.2, 0) is 12.8 Å². The van der Waals surface area contributed by atoms with E-state index in [1.807, 2.05) is 13.8 Å². The number of nitrogens with one attached hydrogen (secondary N) is 1. The van der Waals surface area contributed by atoms with Crippen LogP contribution in [0.15, 0.2) is 23.6 Å². The van der Waals surface area contributed by atoms with E-state index in [-0.39, 0.29) is 11.9 Å². The van der Waals surface area contributed by atoms with Gasteiger partial charge >= 0.3 is 0 Å². The Morgan fingerprint density at radius 3 is 2.85 bits per heavy atom. The third-order valence-electron chi connectivity index (χ3n) is 3.09. The second-order valence-corrected chi connectivity index (χ2v) is 6.26. The fourth-order valence-corrected chi connectivity index (χ4v) is 3.05. The Morgan fingerprint density at radius 2 is 2.20 bits per heavy atom. The van der Waals surface area contributed by atoms with E-state index in [1.165, 1.54) is 6.07 Å². The summed E-state index contributed by atoms with van der Waals surface area (Å²) in [6, 6.07) is 4.86. The zero-order valence-electron chi connectivity index (χ0n) is 11.6. The average Bonchev–Trinajstić information content (AvgIpc) is 2.79. The second-order valence-electron chi connectivity index (χ2n) is 4.76. The molecule has 5 heteroatoms. The topological polar surface area (TPSA) is 24.9 Å². The number of aromatic nitrogens is 1. The van der Waals surface area contributed by atoms with Gasteiger partial charge in [0.2, 0.25) is 0 Å². The van der Waals surface area contributed by atoms with Crippen molar-refractivity contribution in [1.82, 2.24) is 10.3 Å². The van der Waals surface area contributed by atoms with Crippen molar-refractivity contribution >= 4 is 22.9 Å². The number of hydrogen-bond donors (Lipinski definition) is 1. The van der Waals surface area contributed by atoms with E-state index in [0.717, 1.165) is 23.7 Å². The molecule has 0 saturated heterocycles. The SMILES string of the molecule is CCNC(Cc1csc(C)n1)Cc1cc(Cl)ccc1F. The summed E-state index contributed by atoms with van der Waals surface area (Å²) in [5.74, 6) is -0.202. The Bertz CT molecular complexity index is 571. The summed E-state index contributed by atoms with van der Waals surface area (Å²) in [6.07, 6.45) is 1.40. The van der Waals surface area contributed by atoms with Crippen molar-refractivity contribution < 1.29 is 4.39 Å². The summed E-state index contributed by atoms with van der Waals surface area (Å²) < 4.78 is 13.8. The molecule has 2 rings (SSSR count). The molecule has 1 N–H and O–H groups in total. The normalized spacial score (nSPS) is 12.6. The first-order valence-electron chi connectivity index (χ1n) is 6.66. The first-order chi connectivity index (χ1) is 9.58. The number of hydrogen-bond acceptors (Lipinski definition) is 3. The summed E-state index contributed by atoms with van der Waals surface area (Å²) in [7, 11) is 0. The van der Waals surface area contributed by atoms with E-state index >= 15 is 0 Å². The molecule has 20 heavy (non-hydrogen) atoms. The van der Waals surface area contributed by atoms with E-state index in [0.29, 0.717) is 17.0 Å². The number of benzene rings is 1. The van der Waals surface area contributed by atoms with Crippen LogP contribution in [0.2, 0.25) is 5.02 Å². The van der Waals surface area contributed by atoms with E-state index in [1.54, 1.807) is 23.5 Å². The summed E-state index contributed by atoms with van der Waals surface area (Å²) in [5.41, 5.74) is 1.70. The van der Waals surface area contributed by atoms with Crippen LogP contribution in [0, 0.1) is 12.7 Å². The molecule has 0 amide bonds. The van der Waals surface area contributed by atoms with Gasteiger partial charge in [0.05, 0.1) is 10.7 Å². The Balaban J connectivity index is 2.10. The van der Waals surface area contributed by atoms with Crippen LogP contribution in [0.4, 0.5) is 4.39 Å². The summed E-state index contributed by atoms with van der Waals surface area (Å²) in [6.45, 7) is 4.89. The molecule has 1 atom stereocenters. The quantitative estimate of drug-likeness (QED) is 0.872. The lowest BCUT2D eigenvalue weighted by molar-refractivity contribution is 0.502.